The highest BCUT2D eigenvalue weighted by Gasteiger charge is 2.32. The van der Waals surface area contributed by atoms with Crippen LogP contribution in [0.15, 0.2) is 77.0 Å². The molecule has 4 rings (SSSR count). The summed E-state index contributed by atoms with van der Waals surface area (Å²) < 4.78 is 21.9. The maximum Gasteiger partial charge on any atom is 0.337 e. The van der Waals surface area contributed by atoms with Gasteiger partial charge in [0.15, 0.2) is 17.7 Å². The third-order valence-corrected chi connectivity index (χ3v) is 6.57. The zero-order valence-corrected chi connectivity index (χ0v) is 25.3. The van der Waals surface area contributed by atoms with Gasteiger partial charge in [-0.15, -0.1) is 0 Å². The number of benzene rings is 3. The standard InChI is InChI=1S/C30H30N6O11/c1-4-45-25-13-19(28-27(29(38)44-3)17(2)32-30(39)33-28)7-11-24(25)46-16-26(37)34-31-15-18-5-9-21(10-6-18)47-23-12-8-20(35(40)41)14-22(23)36(42)43/h5-15,26,28,34,37H,4,16H2,1-3H3,(H2,32,33,39)/b31-15-/t26-,28-/m0/s1. The number of amides is 2. The Kier molecular flexibility index (Phi) is 10.9. The Bertz CT molecular complexity index is 1730. The molecule has 246 valence electrons. The molecule has 0 fully saturated rings. The fourth-order valence-electron chi connectivity index (χ4n) is 4.42. The van der Waals surface area contributed by atoms with Crippen LogP contribution in [0.3, 0.4) is 0 Å². The Morgan fingerprint density at radius 2 is 1.77 bits per heavy atom. The van der Waals surface area contributed by atoms with E-state index in [1.54, 1.807) is 44.2 Å². The Labute approximate surface area is 267 Å². The number of hydrogen-bond acceptors (Lipinski definition) is 13. The molecule has 2 amide bonds. The Hall–Kier alpha value is -6.23. The zero-order chi connectivity index (χ0) is 34.1. The number of non-ortho nitro benzene ring substituents is 1. The first-order valence-electron chi connectivity index (χ1n) is 13.9. The van der Waals surface area contributed by atoms with E-state index < -0.39 is 45.5 Å². The molecular weight excluding hydrogens is 620 g/mol. The summed E-state index contributed by atoms with van der Waals surface area (Å²) in [5.41, 5.74) is 3.26. The monoisotopic (exact) mass is 650 g/mol. The van der Waals surface area contributed by atoms with E-state index in [1.807, 2.05) is 0 Å². The van der Waals surface area contributed by atoms with Gasteiger partial charge in [0.05, 0.1) is 47.5 Å². The molecule has 1 heterocycles. The Balaban J connectivity index is 1.36. The van der Waals surface area contributed by atoms with Crippen LogP contribution in [0.2, 0.25) is 0 Å². The minimum atomic E-state index is -1.23. The van der Waals surface area contributed by atoms with Crippen LogP contribution in [0.25, 0.3) is 0 Å². The number of nitrogens with one attached hydrogen (secondary N) is 3. The molecule has 47 heavy (non-hydrogen) atoms. The minimum absolute atomic E-state index is 0.162. The average molecular weight is 651 g/mol. The van der Waals surface area contributed by atoms with Gasteiger partial charge in [0.1, 0.15) is 12.4 Å². The highest BCUT2D eigenvalue weighted by atomic mass is 16.6. The second-order valence-electron chi connectivity index (χ2n) is 9.75. The molecule has 3 aromatic carbocycles. The number of carbonyl (C=O) groups excluding carboxylic acids is 2. The number of aliphatic hydroxyl groups excluding tert-OH is 1. The number of hydrazone groups is 1. The number of nitrogens with zero attached hydrogens (tertiary/aromatic N) is 3. The van der Waals surface area contributed by atoms with E-state index in [9.17, 15) is 34.9 Å². The lowest BCUT2D eigenvalue weighted by Gasteiger charge is -2.28. The fourth-order valence-corrected chi connectivity index (χ4v) is 4.42. The van der Waals surface area contributed by atoms with Crippen LogP contribution in [0, 0.1) is 20.2 Å². The molecule has 17 nitrogen and oxygen atoms in total. The second-order valence-corrected chi connectivity index (χ2v) is 9.75. The Morgan fingerprint density at radius 3 is 2.43 bits per heavy atom. The predicted molar refractivity (Wildman–Crippen MR) is 165 cm³/mol. The van der Waals surface area contributed by atoms with Gasteiger partial charge in [0.25, 0.3) is 5.69 Å². The summed E-state index contributed by atoms with van der Waals surface area (Å²) in [6, 6.07) is 12.9. The third kappa shape index (κ3) is 8.49. The molecule has 0 radical (unpaired) electrons. The number of esters is 1. The number of nitro benzene ring substituents is 2. The van der Waals surface area contributed by atoms with E-state index >= 15 is 0 Å². The van der Waals surface area contributed by atoms with Crippen LogP contribution in [-0.2, 0) is 9.53 Å². The van der Waals surface area contributed by atoms with Gasteiger partial charge in [0.2, 0.25) is 5.75 Å². The average Bonchev–Trinajstić information content (AvgIpc) is 3.04. The topological polar surface area (TPSA) is 226 Å². The van der Waals surface area contributed by atoms with E-state index in [0.717, 1.165) is 18.2 Å². The smallest absolute Gasteiger partial charge is 0.337 e. The molecule has 0 aliphatic carbocycles. The van der Waals surface area contributed by atoms with Crippen molar-refractivity contribution in [3.8, 4) is 23.0 Å². The minimum Gasteiger partial charge on any atom is -0.490 e. The van der Waals surface area contributed by atoms with Gasteiger partial charge < -0.3 is 34.7 Å². The maximum atomic E-state index is 12.4. The molecule has 0 aromatic heterocycles. The number of rotatable bonds is 14. The van der Waals surface area contributed by atoms with Gasteiger partial charge in [-0.25, -0.2) is 9.59 Å². The summed E-state index contributed by atoms with van der Waals surface area (Å²) in [6.07, 6.45) is 0.176. The maximum absolute atomic E-state index is 12.4. The molecule has 0 spiro atoms. The van der Waals surface area contributed by atoms with Crippen LogP contribution in [0.1, 0.15) is 31.0 Å². The van der Waals surface area contributed by atoms with Crippen LogP contribution in [0.5, 0.6) is 23.0 Å². The van der Waals surface area contributed by atoms with Crippen molar-refractivity contribution in [2.75, 3.05) is 20.3 Å². The Morgan fingerprint density at radius 1 is 1.04 bits per heavy atom. The first-order chi connectivity index (χ1) is 22.5. The second kappa shape index (κ2) is 15.2. The normalized spacial score (nSPS) is 14.9. The molecule has 0 unspecified atom stereocenters. The molecule has 4 N–H and O–H groups in total. The third-order valence-electron chi connectivity index (χ3n) is 6.57. The van der Waals surface area contributed by atoms with Crippen LogP contribution in [0.4, 0.5) is 16.2 Å². The van der Waals surface area contributed by atoms with Crippen LogP contribution >= 0.6 is 0 Å². The van der Waals surface area contributed by atoms with Crippen LogP contribution in [-0.4, -0.2) is 59.7 Å². The zero-order valence-electron chi connectivity index (χ0n) is 25.3. The van der Waals surface area contributed by atoms with E-state index in [4.69, 9.17) is 18.9 Å². The summed E-state index contributed by atoms with van der Waals surface area (Å²) in [6.45, 7) is 3.43. The number of nitro groups is 2. The highest BCUT2D eigenvalue weighted by molar-refractivity contribution is 5.95. The molecule has 2 atom stereocenters. The van der Waals surface area contributed by atoms with E-state index in [-0.39, 0.29) is 30.3 Å². The first kappa shape index (κ1) is 33.7. The fraction of sp³-hybridized carbons (Fsp3) is 0.233. The van der Waals surface area contributed by atoms with Crippen molar-refractivity contribution in [3.05, 3.63) is 103 Å². The molecule has 0 bridgehead atoms. The highest BCUT2D eigenvalue weighted by Crippen LogP contribution is 2.36. The summed E-state index contributed by atoms with van der Waals surface area (Å²) in [5.74, 6) is 0.0872. The summed E-state index contributed by atoms with van der Waals surface area (Å²) in [5, 5.41) is 41.9. The van der Waals surface area contributed by atoms with Crippen LogP contribution < -0.4 is 30.3 Å². The van der Waals surface area contributed by atoms with E-state index in [1.165, 1.54) is 25.5 Å². The van der Waals surface area contributed by atoms with E-state index in [0.29, 0.717) is 28.3 Å². The molecule has 17 heteroatoms. The SMILES string of the molecule is CCOc1cc([C@@H]2NC(=O)NC(C)=C2C(=O)OC)ccc1OC[C@H](O)N/N=C\c1ccc(Oc2ccc([N+](=O)[O-])cc2[N+](=O)[O-])cc1. The van der Waals surface area contributed by atoms with Crippen molar-refractivity contribution in [2.45, 2.75) is 26.1 Å². The number of aliphatic hydroxyl groups is 1. The van der Waals surface area contributed by atoms with Gasteiger partial charge in [-0.2, -0.15) is 5.10 Å². The van der Waals surface area contributed by atoms with Gasteiger partial charge in [-0.3, -0.25) is 25.7 Å². The molecule has 1 aliphatic rings. The number of urea groups is 1. The van der Waals surface area contributed by atoms with Crippen molar-refractivity contribution in [3.63, 3.8) is 0 Å². The summed E-state index contributed by atoms with van der Waals surface area (Å²) in [4.78, 5) is 45.3. The summed E-state index contributed by atoms with van der Waals surface area (Å²) >= 11 is 0. The van der Waals surface area contributed by atoms with Crippen molar-refractivity contribution < 1.29 is 43.5 Å². The quantitative estimate of drug-likeness (QED) is 0.0642. The largest absolute Gasteiger partial charge is 0.490 e. The first-order valence-corrected chi connectivity index (χ1v) is 13.9. The van der Waals surface area contributed by atoms with Crippen molar-refractivity contribution in [1.29, 1.82) is 0 Å². The number of ether oxygens (including phenoxy) is 4. The lowest BCUT2D eigenvalue weighted by molar-refractivity contribution is -0.394. The number of hydrogen-bond donors (Lipinski definition) is 4. The van der Waals surface area contributed by atoms with Gasteiger partial charge in [0, 0.05) is 11.8 Å². The predicted octanol–water partition coefficient (Wildman–Crippen LogP) is 3.82. The van der Waals surface area contributed by atoms with Gasteiger partial charge in [-0.1, -0.05) is 6.07 Å². The number of allylic oxidation sites excluding steroid dienone is 1. The molecule has 1 aliphatic heterocycles. The van der Waals surface area contributed by atoms with Gasteiger partial charge in [-0.05, 0) is 67.4 Å². The lowest BCUT2D eigenvalue weighted by atomic mass is 9.95. The van der Waals surface area contributed by atoms with Gasteiger partial charge >= 0.3 is 17.7 Å². The molecule has 3 aromatic rings. The lowest BCUT2D eigenvalue weighted by Crippen LogP contribution is -2.45. The van der Waals surface area contributed by atoms with Crippen molar-refractivity contribution in [1.82, 2.24) is 16.1 Å². The molecule has 0 saturated carbocycles. The molecule has 0 saturated heterocycles. The number of carbonyl (C=O) groups is 2. The van der Waals surface area contributed by atoms with Crippen molar-refractivity contribution >= 4 is 29.6 Å². The van der Waals surface area contributed by atoms with Crippen molar-refractivity contribution in [2.24, 2.45) is 5.10 Å². The molecular formula is C30H30N6O11. The summed E-state index contributed by atoms with van der Waals surface area (Å²) in [7, 11) is 1.25. The number of methoxy groups -OCH3 is 1. The van der Waals surface area contributed by atoms with E-state index in [2.05, 4.69) is 21.2 Å².